The van der Waals surface area contributed by atoms with Gasteiger partial charge in [-0.2, -0.15) is 0 Å². The molecule has 12 rings (SSSR count). The molecule has 0 atom stereocenters. The highest BCUT2D eigenvalue weighted by Gasteiger charge is 2.35. The molecule has 11 aromatic rings. The fourth-order valence-electron chi connectivity index (χ4n) is 9.62. The van der Waals surface area contributed by atoms with E-state index in [0.29, 0.717) is 17.5 Å². The summed E-state index contributed by atoms with van der Waals surface area (Å²) in [5, 5.41) is 2.52. The molecule has 0 fully saturated rings. The molecule has 3 nitrogen and oxygen atoms in total. The van der Waals surface area contributed by atoms with E-state index < -0.39 is 0 Å². The molecule has 9 aromatic carbocycles. The second-order valence-corrected chi connectivity index (χ2v) is 18.3. The first-order valence-electron chi connectivity index (χ1n) is 21.8. The fraction of sp³-hybridized carbons (Fsp3) is 0.0500. The SMILES string of the molecule is CC1(C)c2ccccc2-c2cc(-c3ccc(-c4nc(-c5ccccc5)nc(-c5cccc(-c6cccc7sc8ccc(-c9ccc(-c%10ccccc%10)cc9)cc8c67)c5)n4)cc3)ccc21. The molecule has 0 amide bonds. The van der Waals surface area contributed by atoms with Crippen molar-refractivity contribution in [1.29, 1.82) is 0 Å². The van der Waals surface area contributed by atoms with Gasteiger partial charge in [-0.25, -0.2) is 15.0 Å². The van der Waals surface area contributed by atoms with E-state index in [4.69, 9.17) is 15.0 Å². The van der Waals surface area contributed by atoms with E-state index in [-0.39, 0.29) is 5.41 Å². The first kappa shape index (κ1) is 37.9. The zero-order valence-electron chi connectivity index (χ0n) is 35.5. The summed E-state index contributed by atoms with van der Waals surface area (Å²) in [5.41, 5.74) is 17.7. The molecule has 1 aliphatic carbocycles. The molecule has 0 saturated carbocycles. The van der Waals surface area contributed by atoms with Crippen molar-refractivity contribution in [3.8, 4) is 89.8 Å². The van der Waals surface area contributed by atoms with Crippen LogP contribution in [0, 0.1) is 0 Å². The molecule has 0 aliphatic heterocycles. The van der Waals surface area contributed by atoms with Gasteiger partial charge in [-0.05, 0) is 97.1 Å². The van der Waals surface area contributed by atoms with Gasteiger partial charge in [0.05, 0.1) is 0 Å². The van der Waals surface area contributed by atoms with Crippen LogP contribution in [0.5, 0.6) is 0 Å². The molecule has 1 aliphatic rings. The largest absolute Gasteiger partial charge is 0.208 e. The summed E-state index contributed by atoms with van der Waals surface area (Å²) in [5.74, 6) is 1.92. The lowest BCUT2D eigenvalue weighted by Gasteiger charge is -2.21. The van der Waals surface area contributed by atoms with Gasteiger partial charge in [0.15, 0.2) is 17.5 Å². The van der Waals surface area contributed by atoms with Gasteiger partial charge >= 0.3 is 0 Å². The summed E-state index contributed by atoms with van der Waals surface area (Å²) >= 11 is 1.84. The van der Waals surface area contributed by atoms with Crippen molar-refractivity contribution >= 4 is 31.5 Å². The predicted molar refractivity (Wildman–Crippen MR) is 268 cm³/mol. The first-order chi connectivity index (χ1) is 31.4. The molecule has 0 bridgehead atoms. The number of thiophene rings is 1. The Balaban J connectivity index is 0.911. The maximum atomic E-state index is 5.18. The molecule has 2 heterocycles. The molecule has 0 unspecified atom stereocenters. The maximum Gasteiger partial charge on any atom is 0.164 e. The van der Waals surface area contributed by atoms with Crippen molar-refractivity contribution in [2.24, 2.45) is 0 Å². The summed E-state index contributed by atoms with van der Waals surface area (Å²) < 4.78 is 2.54. The minimum Gasteiger partial charge on any atom is -0.208 e. The van der Waals surface area contributed by atoms with E-state index in [1.54, 1.807) is 0 Å². The van der Waals surface area contributed by atoms with Crippen LogP contribution in [0.2, 0.25) is 0 Å². The summed E-state index contributed by atoms with van der Waals surface area (Å²) in [6.07, 6.45) is 0. The van der Waals surface area contributed by atoms with Crippen molar-refractivity contribution in [3.05, 3.63) is 223 Å². The lowest BCUT2D eigenvalue weighted by molar-refractivity contribution is 0.660. The van der Waals surface area contributed by atoms with E-state index in [0.717, 1.165) is 27.8 Å². The maximum absolute atomic E-state index is 5.18. The highest BCUT2D eigenvalue weighted by atomic mass is 32.1. The van der Waals surface area contributed by atoms with Crippen molar-refractivity contribution < 1.29 is 0 Å². The molecular formula is C60H41N3S. The molecule has 2 aromatic heterocycles. The van der Waals surface area contributed by atoms with Crippen molar-refractivity contribution in [2.75, 3.05) is 0 Å². The number of nitrogens with zero attached hydrogens (tertiary/aromatic N) is 3. The third-order valence-electron chi connectivity index (χ3n) is 13.0. The number of hydrogen-bond acceptors (Lipinski definition) is 4. The van der Waals surface area contributed by atoms with Crippen LogP contribution in [-0.4, -0.2) is 15.0 Å². The van der Waals surface area contributed by atoms with Crippen molar-refractivity contribution in [3.63, 3.8) is 0 Å². The van der Waals surface area contributed by atoms with Gasteiger partial charge in [-0.15, -0.1) is 11.3 Å². The smallest absolute Gasteiger partial charge is 0.164 e. The lowest BCUT2D eigenvalue weighted by atomic mass is 9.82. The van der Waals surface area contributed by atoms with Gasteiger partial charge in [-0.1, -0.05) is 196 Å². The Kier molecular flexibility index (Phi) is 9.03. The van der Waals surface area contributed by atoms with Crippen LogP contribution < -0.4 is 0 Å². The van der Waals surface area contributed by atoms with Gasteiger partial charge < -0.3 is 0 Å². The Morgan fingerprint density at radius 1 is 0.312 bits per heavy atom. The molecular weight excluding hydrogens is 795 g/mol. The Bertz CT molecular complexity index is 3550. The van der Waals surface area contributed by atoms with E-state index in [1.807, 2.05) is 29.5 Å². The van der Waals surface area contributed by atoms with E-state index in [1.165, 1.54) is 75.8 Å². The average Bonchev–Trinajstić information content (AvgIpc) is 3.85. The summed E-state index contributed by atoms with van der Waals surface area (Å²) in [4.78, 5) is 15.4. The van der Waals surface area contributed by atoms with Gasteiger partial charge in [0.1, 0.15) is 0 Å². The predicted octanol–water partition coefficient (Wildman–Crippen LogP) is 16.2. The molecule has 64 heavy (non-hydrogen) atoms. The van der Waals surface area contributed by atoms with Crippen LogP contribution in [0.1, 0.15) is 25.0 Å². The minimum atomic E-state index is -0.0203. The van der Waals surface area contributed by atoms with Crippen LogP contribution in [0.3, 0.4) is 0 Å². The Morgan fingerprint density at radius 2 is 0.781 bits per heavy atom. The topological polar surface area (TPSA) is 38.7 Å². The number of hydrogen-bond donors (Lipinski definition) is 0. The van der Waals surface area contributed by atoms with Crippen LogP contribution in [0.4, 0.5) is 0 Å². The Labute approximate surface area is 377 Å². The van der Waals surface area contributed by atoms with Gasteiger partial charge in [-0.3, -0.25) is 0 Å². The standard InChI is InChI=1S/C60H41N3S/c1-60(2)52-21-10-9-19-49(52)50-36-44(31-33-53(50)60)41-27-29-43(30-28-41)58-61-57(42-15-7-4-8-16-42)62-59(63-58)47-18-11-17-46(35-47)48-20-12-22-55-56(48)51-37-45(32-34-54(51)64-55)40-25-23-39(24-26-40)38-13-5-3-6-14-38/h3-37H,1-2H3. The summed E-state index contributed by atoms with van der Waals surface area (Å²) in [6.45, 7) is 4.65. The Morgan fingerprint density at radius 3 is 1.50 bits per heavy atom. The molecule has 0 saturated heterocycles. The highest BCUT2D eigenvalue weighted by molar-refractivity contribution is 7.26. The summed E-state index contributed by atoms with van der Waals surface area (Å²) in [6, 6.07) is 76.2. The van der Waals surface area contributed by atoms with Gasteiger partial charge in [0.2, 0.25) is 0 Å². The lowest BCUT2D eigenvalue weighted by Crippen LogP contribution is -2.14. The van der Waals surface area contributed by atoms with Crippen LogP contribution in [0.15, 0.2) is 212 Å². The van der Waals surface area contributed by atoms with E-state index >= 15 is 0 Å². The number of fused-ring (bicyclic) bond motifs is 6. The molecule has 302 valence electrons. The quantitative estimate of drug-likeness (QED) is 0.161. The van der Waals surface area contributed by atoms with Crippen LogP contribution in [0.25, 0.3) is 110 Å². The number of rotatable bonds is 7. The second kappa shape index (κ2) is 15.2. The molecule has 0 N–H and O–H groups in total. The zero-order chi connectivity index (χ0) is 42.8. The van der Waals surface area contributed by atoms with Gasteiger partial charge in [0.25, 0.3) is 0 Å². The average molecular weight is 836 g/mol. The van der Waals surface area contributed by atoms with Crippen LogP contribution >= 0.6 is 11.3 Å². The van der Waals surface area contributed by atoms with Gasteiger partial charge in [0, 0.05) is 42.3 Å². The Hall–Kier alpha value is -7.79. The van der Waals surface area contributed by atoms with Crippen LogP contribution in [-0.2, 0) is 5.41 Å². The normalized spacial score (nSPS) is 12.7. The summed E-state index contributed by atoms with van der Waals surface area (Å²) in [7, 11) is 0. The minimum absolute atomic E-state index is 0.0203. The molecule has 4 heteroatoms. The van der Waals surface area contributed by atoms with E-state index in [2.05, 4.69) is 208 Å². The van der Waals surface area contributed by atoms with Crippen molar-refractivity contribution in [1.82, 2.24) is 15.0 Å². The highest BCUT2D eigenvalue weighted by Crippen LogP contribution is 2.49. The van der Waals surface area contributed by atoms with E-state index in [9.17, 15) is 0 Å². The zero-order valence-corrected chi connectivity index (χ0v) is 36.3. The molecule has 0 spiro atoms. The number of aromatic nitrogens is 3. The van der Waals surface area contributed by atoms with Crippen molar-refractivity contribution in [2.45, 2.75) is 19.3 Å². The third kappa shape index (κ3) is 6.54. The third-order valence-corrected chi connectivity index (χ3v) is 14.1. The molecule has 0 radical (unpaired) electrons. The fourth-order valence-corrected chi connectivity index (χ4v) is 10.7. The first-order valence-corrected chi connectivity index (χ1v) is 22.6. The monoisotopic (exact) mass is 835 g/mol. The number of benzene rings is 9. The second-order valence-electron chi connectivity index (χ2n) is 17.2.